The van der Waals surface area contributed by atoms with E-state index in [1.807, 2.05) is 0 Å². The topological polar surface area (TPSA) is 80.5 Å². The fourth-order valence-electron chi connectivity index (χ4n) is 1.96. The molecule has 1 atom stereocenters. The number of hydrogen-bond acceptors (Lipinski definition) is 3. The zero-order chi connectivity index (χ0) is 13.3. The third-order valence-electron chi connectivity index (χ3n) is 2.91. The number of hydrogen-bond donors (Lipinski definition) is 1. The van der Waals surface area contributed by atoms with Crippen molar-refractivity contribution < 1.29 is 17.6 Å². The molecule has 0 aliphatic carbocycles. The molecule has 1 fully saturated rings. The Balaban J connectivity index is 2.10. The molecule has 1 aromatic carbocycles. The van der Waals surface area contributed by atoms with Crippen LogP contribution >= 0.6 is 0 Å². The van der Waals surface area contributed by atoms with Crippen molar-refractivity contribution in [3.05, 3.63) is 35.6 Å². The van der Waals surface area contributed by atoms with E-state index in [1.54, 1.807) is 12.1 Å². The molecular formula is C11H13FN2O3S. The minimum Gasteiger partial charge on any atom is -0.337 e. The third kappa shape index (κ3) is 2.85. The zero-order valence-corrected chi connectivity index (χ0v) is 10.4. The van der Waals surface area contributed by atoms with Gasteiger partial charge in [0, 0.05) is 19.5 Å². The standard InChI is InChI=1S/C11H13FN2O3S/c12-9-3-1-2-8(4-9)6-14-7-10(5-11(14)15)18(13,16)17/h1-4,10H,5-7H2,(H2,13,16,17). The van der Waals surface area contributed by atoms with Crippen LogP contribution in [0.2, 0.25) is 0 Å². The lowest BCUT2D eigenvalue weighted by molar-refractivity contribution is -0.128. The molecule has 1 saturated heterocycles. The maximum Gasteiger partial charge on any atom is 0.224 e. The molecule has 1 aromatic rings. The molecule has 18 heavy (non-hydrogen) atoms. The van der Waals surface area contributed by atoms with Crippen molar-refractivity contribution in [2.75, 3.05) is 6.54 Å². The number of carbonyl (C=O) groups excluding carboxylic acids is 1. The highest BCUT2D eigenvalue weighted by Crippen LogP contribution is 2.19. The van der Waals surface area contributed by atoms with Gasteiger partial charge in [0.2, 0.25) is 15.9 Å². The smallest absolute Gasteiger partial charge is 0.224 e. The second-order valence-corrected chi connectivity index (χ2v) is 6.16. The van der Waals surface area contributed by atoms with E-state index in [9.17, 15) is 17.6 Å². The third-order valence-corrected chi connectivity index (χ3v) is 4.15. The van der Waals surface area contributed by atoms with Crippen molar-refractivity contribution in [1.29, 1.82) is 0 Å². The lowest BCUT2D eigenvalue weighted by Gasteiger charge is -2.16. The van der Waals surface area contributed by atoms with Crippen molar-refractivity contribution in [3.8, 4) is 0 Å². The highest BCUT2D eigenvalue weighted by atomic mass is 32.2. The normalized spacial score (nSPS) is 20.4. The summed E-state index contributed by atoms with van der Waals surface area (Å²) in [6, 6.07) is 5.85. The Labute approximate surface area is 104 Å². The van der Waals surface area contributed by atoms with Gasteiger partial charge in [-0.25, -0.2) is 17.9 Å². The molecule has 1 heterocycles. The van der Waals surface area contributed by atoms with Gasteiger partial charge in [0.05, 0.1) is 0 Å². The summed E-state index contributed by atoms with van der Waals surface area (Å²) in [7, 11) is -3.71. The summed E-state index contributed by atoms with van der Waals surface area (Å²) < 4.78 is 35.3. The number of sulfonamides is 1. The van der Waals surface area contributed by atoms with Gasteiger partial charge in [-0.05, 0) is 17.7 Å². The van der Waals surface area contributed by atoms with E-state index < -0.39 is 15.3 Å². The Kier molecular flexibility index (Phi) is 3.36. The molecule has 0 radical (unpaired) electrons. The van der Waals surface area contributed by atoms with E-state index in [-0.39, 0.29) is 31.2 Å². The van der Waals surface area contributed by atoms with Gasteiger partial charge in [-0.2, -0.15) is 0 Å². The molecule has 98 valence electrons. The van der Waals surface area contributed by atoms with Crippen LogP contribution < -0.4 is 5.14 Å². The van der Waals surface area contributed by atoms with E-state index in [2.05, 4.69) is 0 Å². The Morgan fingerprint density at radius 1 is 1.44 bits per heavy atom. The number of primary sulfonamides is 1. The number of carbonyl (C=O) groups is 1. The largest absolute Gasteiger partial charge is 0.337 e. The number of likely N-dealkylation sites (tertiary alicyclic amines) is 1. The van der Waals surface area contributed by atoms with Crippen LogP contribution in [-0.2, 0) is 21.4 Å². The molecule has 0 bridgehead atoms. The predicted molar refractivity (Wildman–Crippen MR) is 63.3 cm³/mol. The van der Waals surface area contributed by atoms with E-state index in [0.29, 0.717) is 5.56 Å². The first-order chi connectivity index (χ1) is 8.36. The Morgan fingerprint density at radius 2 is 2.17 bits per heavy atom. The molecule has 7 heteroatoms. The summed E-state index contributed by atoms with van der Waals surface area (Å²) in [5.74, 6) is -0.666. The van der Waals surface area contributed by atoms with E-state index in [1.165, 1.54) is 17.0 Å². The van der Waals surface area contributed by atoms with Gasteiger partial charge >= 0.3 is 0 Å². The van der Waals surface area contributed by atoms with Gasteiger partial charge in [-0.1, -0.05) is 12.1 Å². The van der Waals surface area contributed by atoms with Crippen molar-refractivity contribution in [1.82, 2.24) is 4.90 Å². The van der Waals surface area contributed by atoms with Crippen molar-refractivity contribution in [3.63, 3.8) is 0 Å². The molecule has 1 unspecified atom stereocenters. The fraction of sp³-hybridized carbons (Fsp3) is 0.364. The van der Waals surface area contributed by atoms with Crippen LogP contribution in [0.3, 0.4) is 0 Å². The summed E-state index contributed by atoms with van der Waals surface area (Å²) in [4.78, 5) is 13.0. The number of nitrogens with zero attached hydrogens (tertiary/aromatic N) is 1. The fourth-order valence-corrected chi connectivity index (χ4v) is 2.73. The molecule has 1 amide bonds. The molecule has 0 saturated carbocycles. The highest BCUT2D eigenvalue weighted by Gasteiger charge is 2.36. The Hall–Kier alpha value is -1.47. The number of rotatable bonds is 3. The van der Waals surface area contributed by atoms with Crippen molar-refractivity contribution >= 4 is 15.9 Å². The summed E-state index contributed by atoms with van der Waals surface area (Å²) in [5, 5.41) is 4.15. The maximum absolute atomic E-state index is 13.0. The number of halogens is 1. The quantitative estimate of drug-likeness (QED) is 0.854. The zero-order valence-electron chi connectivity index (χ0n) is 9.54. The van der Waals surface area contributed by atoms with E-state index >= 15 is 0 Å². The van der Waals surface area contributed by atoms with Crippen LogP contribution in [0.25, 0.3) is 0 Å². The number of amides is 1. The summed E-state index contributed by atoms with van der Waals surface area (Å²) in [6.45, 7) is 0.261. The molecule has 1 aliphatic heterocycles. The lowest BCUT2D eigenvalue weighted by Crippen LogP contribution is -2.31. The van der Waals surface area contributed by atoms with Crippen molar-refractivity contribution in [2.45, 2.75) is 18.2 Å². The first-order valence-electron chi connectivity index (χ1n) is 5.40. The van der Waals surface area contributed by atoms with Gasteiger partial charge in [0.15, 0.2) is 0 Å². The Bertz CT molecular complexity index is 573. The van der Waals surface area contributed by atoms with Crippen LogP contribution in [0.1, 0.15) is 12.0 Å². The maximum atomic E-state index is 13.0. The number of benzene rings is 1. The first-order valence-corrected chi connectivity index (χ1v) is 7.01. The molecule has 0 spiro atoms. The minimum absolute atomic E-state index is 0.0637. The first kappa shape index (κ1) is 13.0. The molecule has 2 N–H and O–H groups in total. The second kappa shape index (κ2) is 4.66. The van der Waals surface area contributed by atoms with E-state index in [4.69, 9.17) is 5.14 Å². The predicted octanol–water partition coefficient (Wildman–Crippen LogP) is 0.215. The monoisotopic (exact) mass is 272 g/mol. The van der Waals surface area contributed by atoms with Gasteiger partial charge in [0.1, 0.15) is 11.1 Å². The van der Waals surface area contributed by atoms with Gasteiger partial charge in [-0.15, -0.1) is 0 Å². The van der Waals surface area contributed by atoms with Gasteiger partial charge in [0.25, 0.3) is 0 Å². The molecule has 2 rings (SSSR count). The lowest BCUT2D eigenvalue weighted by atomic mass is 10.2. The summed E-state index contributed by atoms with van der Waals surface area (Å²) >= 11 is 0. The van der Waals surface area contributed by atoms with E-state index in [0.717, 1.165) is 0 Å². The molecule has 0 aromatic heterocycles. The minimum atomic E-state index is -3.71. The molecular weight excluding hydrogens is 259 g/mol. The molecule has 5 nitrogen and oxygen atoms in total. The van der Waals surface area contributed by atoms with Gasteiger partial charge in [-0.3, -0.25) is 4.79 Å². The van der Waals surface area contributed by atoms with Crippen LogP contribution in [0.5, 0.6) is 0 Å². The van der Waals surface area contributed by atoms with Crippen LogP contribution in [-0.4, -0.2) is 31.0 Å². The summed E-state index contributed by atoms with van der Waals surface area (Å²) in [6.07, 6.45) is -0.103. The number of nitrogens with two attached hydrogens (primary N) is 1. The van der Waals surface area contributed by atoms with Crippen LogP contribution in [0.4, 0.5) is 4.39 Å². The summed E-state index contributed by atoms with van der Waals surface area (Å²) in [5.41, 5.74) is 0.624. The highest BCUT2D eigenvalue weighted by molar-refractivity contribution is 7.89. The van der Waals surface area contributed by atoms with Crippen LogP contribution in [0.15, 0.2) is 24.3 Å². The van der Waals surface area contributed by atoms with Gasteiger partial charge < -0.3 is 4.90 Å². The Morgan fingerprint density at radius 3 is 2.72 bits per heavy atom. The average molecular weight is 272 g/mol. The second-order valence-electron chi connectivity index (χ2n) is 4.32. The van der Waals surface area contributed by atoms with Crippen LogP contribution in [0, 0.1) is 5.82 Å². The van der Waals surface area contributed by atoms with Crippen molar-refractivity contribution in [2.24, 2.45) is 5.14 Å². The molecule has 1 aliphatic rings. The SMILES string of the molecule is NS(=O)(=O)C1CC(=O)N(Cc2cccc(F)c2)C1. The average Bonchev–Trinajstić information content (AvgIpc) is 2.60.